The van der Waals surface area contributed by atoms with E-state index in [0.29, 0.717) is 24.5 Å². The smallest absolute Gasteiger partial charge is 0.253 e. The van der Waals surface area contributed by atoms with E-state index >= 15 is 0 Å². The molecule has 0 saturated carbocycles. The molecule has 0 amide bonds. The molecule has 0 saturated heterocycles. The van der Waals surface area contributed by atoms with Gasteiger partial charge in [-0.2, -0.15) is 0 Å². The maximum Gasteiger partial charge on any atom is 0.253 e. The van der Waals surface area contributed by atoms with Crippen molar-refractivity contribution < 1.29 is 4.42 Å². The Morgan fingerprint density at radius 1 is 1.00 bits per heavy atom. The van der Waals surface area contributed by atoms with E-state index in [1.165, 1.54) is 5.56 Å². The van der Waals surface area contributed by atoms with Crippen LogP contribution in [0, 0.1) is 13.8 Å². The van der Waals surface area contributed by atoms with E-state index in [2.05, 4.69) is 71.3 Å². The largest absolute Gasteiger partial charge is 0.468 e. The van der Waals surface area contributed by atoms with Crippen LogP contribution in [0.2, 0.25) is 0 Å². The molecule has 8 nitrogen and oxygen atoms in total. The second-order valence-corrected chi connectivity index (χ2v) is 10.6. The van der Waals surface area contributed by atoms with E-state index < -0.39 is 11.6 Å². The van der Waals surface area contributed by atoms with Crippen LogP contribution in [0.4, 0.5) is 0 Å². The fourth-order valence-corrected chi connectivity index (χ4v) is 4.70. The Morgan fingerprint density at radius 2 is 1.76 bits per heavy atom. The van der Waals surface area contributed by atoms with Gasteiger partial charge in [0, 0.05) is 17.6 Å². The number of nitrogens with zero attached hydrogens (tertiary/aromatic N) is 5. The molecule has 2 aromatic carbocycles. The Bertz CT molecular complexity index is 1560. The standard InChI is InChI=1S/C29H32N6O2/c1-19-14-22-16-24(28(36)30-25(22)15-20(19)2)26(27-31-32-33-35(27)29(3,4)5)34(18-23-12-9-13-37-23)17-21-10-7-6-8-11-21/h6-16,26H,17-18H2,1-5H3,(H,30,36)/t26-/m0/s1. The number of aromatic nitrogens is 5. The summed E-state index contributed by atoms with van der Waals surface area (Å²) in [6, 6.07) is 19.6. The molecule has 0 spiro atoms. The second kappa shape index (κ2) is 9.78. The molecule has 1 N–H and O–H groups in total. The van der Waals surface area contributed by atoms with Gasteiger partial charge >= 0.3 is 0 Å². The third-order valence-corrected chi connectivity index (χ3v) is 6.69. The summed E-state index contributed by atoms with van der Waals surface area (Å²) >= 11 is 0. The van der Waals surface area contributed by atoms with Crippen LogP contribution >= 0.6 is 0 Å². The molecule has 190 valence electrons. The van der Waals surface area contributed by atoms with Gasteiger partial charge in [-0.15, -0.1) is 5.10 Å². The summed E-state index contributed by atoms with van der Waals surface area (Å²) in [7, 11) is 0. The van der Waals surface area contributed by atoms with Crippen molar-refractivity contribution in [2.75, 3.05) is 0 Å². The van der Waals surface area contributed by atoms with Crippen LogP contribution in [-0.2, 0) is 18.6 Å². The fourth-order valence-electron chi connectivity index (χ4n) is 4.70. The number of hydrogen-bond acceptors (Lipinski definition) is 6. The first-order chi connectivity index (χ1) is 17.7. The fraction of sp³-hybridized carbons (Fsp3) is 0.310. The SMILES string of the molecule is Cc1cc2cc([C@@H](c3nnnn3C(C)(C)C)N(Cc3ccccc3)Cc3ccco3)c(=O)[nH]c2cc1C. The molecule has 0 unspecified atom stereocenters. The minimum atomic E-state index is -0.533. The lowest BCUT2D eigenvalue weighted by Crippen LogP contribution is -2.37. The Hall–Kier alpha value is -4.04. The van der Waals surface area contributed by atoms with Gasteiger partial charge < -0.3 is 9.40 Å². The van der Waals surface area contributed by atoms with Crippen molar-refractivity contribution in [1.82, 2.24) is 30.1 Å². The topological polar surface area (TPSA) is 92.8 Å². The van der Waals surface area contributed by atoms with E-state index in [1.54, 1.807) is 6.26 Å². The molecule has 0 fully saturated rings. The first kappa shape index (κ1) is 24.6. The third-order valence-electron chi connectivity index (χ3n) is 6.69. The van der Waals surface area contributed by atoms with Gasteiger partial charge in [0.15, 0.2) is 5.82 Å². The molecule has 1 atom stereocenters. The van der Waals surface area contributed by atoms with E-state index in [1.807, 2.05) is 54.1 Å². The first-order valence-corrected chi connectivity index (χ1v) is 12.4. The molecule has 5 aromatic rings. The van der Waals surface area contributed by atoms with Crippen molar-refractivity contribution >= 4 is 10.9 Å². The van der Waals surface area contributed by atoms with Crippen LogP contribution in [0.3, 0.4) is 0 Å². The maximum atomic E-state index is 13.7. The number of rotatable bonds is 7. The molecule has 0 aliphatic rings. The molecule has 5 rings (SSSR count). The van der Waals surface area contributed by atoms with Crippen molar-refractivity contribution in [1.29, 1.82) is 0 Å². The number of hydrogen-bond donors (Lipinski definition) is 1. The van der Waals surface area contributed by atoms with Crippen LogP contribution in [0.1, 0.15) is 60.7 Å². The molecule has 8 heteroatoms. The third kappa shape index (κ3) is 5.11. The minimum Gasteiger partial charge on any atom is -0.468 e. The number of H-pyrrole nitrogens is 1. The average Bonchev–Trinajstić information content (AvgIpc) is 3.54. The van der Waals surface area contributed by atoms with Gasteiger partial charge in [0.05, 0.1) is 18.3 Å². The Labute approximate surface area is 215 Å². The van der Waals surface area contributed by atoms with Crippen molar-refractivity contribution in [3.05, 3.63) is 111 Å². The Morgan fingerprint density at radius 3 is 2.46 bits per heavy atom. The maximum absolute atomic E-state index is 13.7. The summed E-state index contributed by atoms with van der Waals surface area (Å²) in [5, 5.41) is 13.8. The molecule has 0 aliphatic heterocycles. The highest BCUT2D eigenvalue weighted by molar-refractivity contribution is 5.81. The highest BCUT2D eigenvalue weighted by Crippen LogP contribution is 2.32. The zero-order valence-corrected chi connectivity index (χ0v) is 21.9. The van der Waals surface area contributed by atoms with Crippen molar-refractivity contribution in [3.63, 3.8) is 0 Å². The van der Waals surface area contributed by atoms with E-state index in [0.717, 1.165) is 27.8 Å². The minimum absolute atomic E-state index is 0.165. The summed E-state index contributed by atoms with van der Waals surface area (Å²) < 4.78 is 7.55. The van der Waals surface area contributed by atoms with E-state index in [-0.39, 0.29) is 5.56 Å². The summed E-state index contributed by atoms with van der Waals surface area (Å²) in [5.74, 6) is 1.39. The number of fused-ring (bicyclic) bond motifs is 1. The van der Waals surface area contributed by atoms with Crippen LogP contribution in [0.25, 0.3) is 10.9 Å². The van der Waals surface area contributed by atoms with Crippen LogP contribution in [-0.4, -0.2) is 30.1 Å². The Balaban J connectivity index is 1.74. The van der Waals surface area contributed by atoms with Crippen molar-refractivity contribution in [2.45, 2.75) is 59.3 Å². The van der Waals surface area contributed by atoms with Crippen LogP contribution in [0.15, 0.2) is 76.1 Å². The van der Waals surface area contributed by atoms with Gasteiger partial charge in [-0.3, -0.25) is 9.69 Å². The zero-order valence-electron chi connectivity index (χ0n) is 21.9. The Kier molecular flexibility index (Phi) is 6.52. The molecule has 0 bridgehead atoms. The van der Waals surface area contributed by atoms with Gasteiger partial charge in [0.2, 0.25) is 0 Å². The predicted octanol–water partition coefficient (Wildman–Crippen LogP) is 5.27. The number of benzene rings is 2. The summed E-state index contributed by atoms with van der Waals surface area (Å²) in [6.45, 7) is 11.3. The number of tetrazole rings is 1. The lowest BCUT2D eigenvalue weighted by Gasteiger charge is -2.32. The van der Waals surface area contributed by atoms with Gasteiger partial charge in [-0.1, -0.05) is 30.3 Å². The second-order valence-electron chi connectivity index (χ2n) is 10.6. The zero-order chi connectivity index (χ0) is 26.2. The lowest BCUT2D eigenvalue weighted by molar-refractivity contribution is 0.171. The van der Waals surface area contributed by atoms with Crippen molar-refractivity contribution in [3.8, 4) is 0 Å². The molecule has 37 heavy (non-hydrogen) atoms. The van der Waals surface area contributed by atoms with Gasteiger partial charge in [-0.05, 0) is 97.5 Å². The summed E-state index contributed by atoms with van der Waals surface area (Å²) in [6.07, 6.45) is 1.66. The summed E-state index contributed by atoms with van der Waals surface area (Å²) in [5.41, 5.74) is 4.24. The predicted molar refractivity (Wildman–Crippen MR) is 143 cm³/mol. The average molecular weight is 497 g/mol. The van der Waals surface area contributed by atoms with E-state index in [9.17, 15) is 4.79 Å². The number of aryl methyl sites for hydroxylation is 2. The number of nitrogens with one attached hydrogen (secondary N) is 1. The monoisotopic (exact) mass is 496 g/mol. The quantitative estimate of drug-likeness (QED) is 0.330. The van der Waals surface area contributed by atoms with Crippen molar-refractivity contribution in [2.24, 2.45) is 0 Å². The van der Waals surface area contributed by atoms with Gasteiger partial charge in [0.25, 0.3) is 5.56 Å². The molecule has 0 radical (unpaired) electrons. The number of pyridine rings is 1. The molecule has 3 aromatic heterocycles. The van der Waals surface area contributed by atoms with Crippen LogP contribution in [0.5, 0.6) is 0 Å². The van der Waals surface area contributed by atoms with E-state index in [4.69, 9.17) is 4.42 Å². The molecule has 0 aliphatic carbocycles. The summed E-state index contributed by atoms with van der Waals surface area (Å²) in [4.78, 5) is 19.0. The highest BCUT2D eigenvalue weighted by Gasteiger charge is 2.34. The van der Waals surface area contributed by atoms with Gasteiger partial charge in [-0.25, -0.2) is 4.68 Å². The van der Waals surface area contributed by atoms with Crippen LogP contribution < -0.4 is 5.56 Å². The lowest BCUT2D eigenvalue weighted by atomic mass is 9.99. The number of furan rings is 1. The molecule has 3 heterocycles. The molecular weight excluding hydrogens is 464 g/mol. The number of aromatic amines is 1. The highest BCUT2D eigenvalue weighted by atomic mass is 16.3. The van der Waals surface area contributed by atoms with Gasteiger partial charge in [0.1, 0.15) is 11.8 Å². The first-order valence-electron chi connectivity index (χ1n) is 12.4. The normalized spacial score (nSPS) is 12.9. The molecular formula is C29H32N6O2.